The smallest absolute Gasteiger partial charge is 0.220 e. The van der Waals surface area contributed by atoms with Gasteiger partial charge in [-0.1, -0.05) is 36.8 Å². The Hall–Kier alpha value is -2.21. The molecule has 1 aliphatic carbocycles. The third-order valence-corrected chi connectivity index (χ3v) is 6.45. The van der Waals surface area contributed by atoms with Crippen LogP contribution in [0.15, 0.2) is 34.7 Å². The van der Waals surface area contributed by atoms with Crippen LogP contribution in [0, 0.1) is 12.8 Å². The highest BCUT2D eigenvalue weighted by Gasteiger charge is 2.26. The number of piperidine rings is 1. The van der Waals surface area contributed by atoms with Gasteiger partial charge in [-0.2, -0.15) is 0 Å². The number of hydrogen-bond acceptors (Lipinski definition) is 5. The van der Waals surface area contributed by atoms with Crippen molar-refractivity contribution in [1.29, 1.82) is 0 Å². The molecular weight excluding hydrogens is 364 g/mol. The van der Waals surface area contributed by atoms with Crippen LogP contribution in [0.25, 0.3) is 0 Å². The van der Waals surface area contributed by atoms with Crippen LogP contribution < -0.4 is 5.32 Å². The minimum absolute atomic E-state index is 0.0834. The van der Waals surface area contributed by atoms with Gasteiger partial charge in [0.15, 0.2) is 0 Å². The third kappa shape index (κ3) is 5.44. The number of nitrogens with zero attached hydrogens (tertiary/aromatic N) is 3. The Labute approximate surface area is 173 Å². The number of likely N-dealkylation sites (tertiary alicyclic amines) is 1. The van der Waals surface area contributed by atoms with E-state index in [-0.39, 0.29) is 11.9 Å². The third-order valence-electron chi connectivity index (χ3n) is 6.45. The molecule has 2 fully saturated rings. The molecule has 4 rings (SSSR count). The van der Waals surface area contributed by atoms with Crippen molar-refractivity contribution in [1.82, 2.24) is 20.4 Å². The van der Waals surface area contributed by atoms with E-state index in [1.54, 1.807) is 0 Å². The molecule has 1 aromatic carbocycles. The Morgan fingerprint density at radius 2 is 1.93 bits per heavy atom. The van der Waals surface area contributed by atoms with E-state index < -0.39 is 0 Å². The van der Waals surface area contributed by atoms with Crippen LogP contribution in [-0.4, -0.2) is 40.6 Å². The van der Waals surface area contributed by atoms with Gasteiger partial charge in [-0.25, -0.2) is 0 Å². The van der Waals surface area contributed by atoms with E-state index in [9.17, 15) is 4.79 Å². The number of carbonyl (C=O) groups is 1. The Morgan fingerprint density at radius 1 is 1.17 bits per heavy atom. The number of aryl methyl sites for hydroxylation is 1. The van der Waals surface area contributed by atoms with Gasteiger partial charge in [0.05, 0.1) is 6.04 Å². The van der Waals surface area contributed by atoms with Crippen LogP contribution >= 0.6 is 0 Å². The molecular formula is C23H32N4O2. The van der Waals surface area contributed by atoms with Crippen LogP contribution in [0.3, 0.4) is 0 Å². The van der Waals surface area contributed by atoms with E-state index in [1.807, 2.05) is 13.0 Å². The second-order valence-corrected chi connectivity index (χ2v) is 8.60. The summed E-state index contributed by atoms with van der Waals surface area (Å²) in [4.78, 5) is 15.0. The minimum atomic E-state index is 0.0834. The summed E-state index contributed by atoms with van der Waals surface area (Å²) < 4.78 is 5.62. The minimum Gasteiger partial charge on any atom is -0.425 e. The fourth-order valence-electron chi connectivity index (χ4n) is 4.41. The highest BCUT2D eigenvalue weighted by molar-refractivity contribution is 5.76. The van der Waals surface area contributed by atoms with Crippen molar-refractivity contribution in [2.75, 3.05) is 19.6 Å². The van der Waals surface area contributed by atoms with E-state index in [4.69, 9.17) is 4.42 Å². The van der Waals surface area contributed by atoms with Gasteiger partial charge < -0.3 is 14.6 Å². The molecule has 6 nitrogen and oxygen atoms in total. The Balaban J connectivity index is 1.29. The molecule has 1 aliphatic heterocycles. The van der Waals surface area contributed by atoms with Gasteiger partial charge in [-0.15, -0.1) is 10.2 Å². The number of hydrogen-bond donors (Lipinski definition) is 1. The monoisotopic (exact) mass is 396 g/mol. The van der Waals surface area contributed by atoms with E-state index in [0.717, 1.165) is 44.8 Å². The quantitative estimate of drug-likeness (QED) is 0.730. The van der Waals surface area contributed by atoms with Crippen LogP contribution in [0.5, 0.6) is 0 Å². The van der Waals surface area contributed by atoms with Crippen molar-refractivity contribution in [3.8, 4) is 0 Å². The molecule has 2 aromatic rings. The van der Waals surface area contributed by atoms with Gasteiger partial charge >= 0.3 is 0 Å². The van der Waals surface area contributed by atoms with Crippen LogP contribution in [-0.2, 0) is 4.79 Å². The maximum atomic E-state index is 12.5. The number of nitrogens with one attached hydrogen (secondary N) is 1. The second kappa shape index (κ2) is 9.53. The van der Waals surface area contributed by atoms with Gasteiger partial charge in [0.2, 0.25) is 17.7 Å². The molecule has 1 saturated carbocycles. The van der Waals surface area contributed by atoms with E-state index in [2.05, 4.69) is 44.7 Å². The molecule has 156 valence electrons. The van der Waals surface area contributed by atoms with Gasteiger partial charge in [0, 0.05) is 25.8 Å². The summed E-state index contributed by atoms with van der Waals surface area (Å²) >= 11 is 0. The summed E-state index contributed by atoms with van der Waals surface area (Å²) in [6.07, 6.45) is 7.40. The zero-order chi connectivity index (χ0) is 20.1. The van der Waals surface area contributed by atoms with Crippen LogP contribution in [0.1, 0.15) is 74.3 Å². The zero-order valence-corrected chi connectivity index (χ0v) is 17.3. The van der Waals surface area contributed by atoms with E-state index in [0.29, 0.717) is 24.1 Å². The first-order chi connectivity index (χ1) is 14.2. The van der Waals surface area contributed by atoms with Crippen molar-refractivity contribution >= 4 is 5.91 Å². The summed E-state index contributed by atoms with van der Waals surface area (Å²) in [5.74, 6) is 2.60. The van der Waals surface area contributed by atoms with Crippen molar-refractivity contribution < 1.29 is 9.21 Å². The van der Waals surface area contributed by atoms with Crippen LogP contribution in [0.2, 0.25) is 0 Å². The average molecular weight is 397 g/mol. The number of rotatable bonds is 8. The number of carbonyl (C=O) groups excluding carboxylic acids is 1. The molecule has 2 heterocycles. The predicted molar refractivity (Wildman–Crippen MR) is 111 cm³/mol. The molecule has 0 spiro atoms. The molecule has 1 saturated heterocycles. The fourth-order valence-corrected chi connectivity index (χ4v) is 4.41. The lowest BCUT2D eigenvalue weighted by molar-refractivity contribution is -0.123. The predicted octanol–water partition coefficient (Wildman–Crippen LogP) is 4.00. The first kappa shape index (κ1) is 20.1. The van der Waals surface area contributed by atoms with Crippen molar-refractivity contribution in [3.05, 3.63) is 47.7 Å². The van der Waals surface area contributed by atoms with E-state index >= 15 is 0 Å². The topological polar surface area (TPSA) is 71.3 Å². The largest absolute Gasteiger partial charge is 0.425 e. The molecule has 0 bridgehead atoms. The summed E-state index contributed by atoms with van der Waals surface area (Å²) in [6.45, 7) is 4.89. The summed E-state index contributed by atoms with van der Waals surface area (Å²) in [5, 5.41) is 11.5. The SMILES string of the molecule is Cc1nnc(C2CCN(CCC(NC(=O)CC3CCC3)c3ccccc3)CC2)o1. The highest BCUT2D eigenvalue weighted by Crippen LogP contribution is 2.30. The molecule has 1 unspecified atom stereocenters. The van der Waals surface area contributed by atoms with Crippen molar-refractivity contribution in [2.45, 2.75) is 63.8 Å². The van der Waals surface area contributed by atoms with E-state index in [1.165, 1.54) is 24.8 Å². The summed E-state index contributed by atoms with van der Waals surface area (Å²) in [6, 6.07) is 10.5. The molecule has 1 atom stereocenters. The van der Waals surface area contributed by atoms with Gasteiger partial charge in [0.1, 0.15) is 0 Å². The lowest BCUT2D eigenvalue weighted by Crippen LogP contribution is -2.37. The summed E-state index contributed by atoms with van der Waals surface area (Å²) in [7, 11) is 0. The number of amides is 1. The average Bonchev–Trinajstić information content (AvgIpc) is 3.15. The molecule has 6 heteroatoms. The molecule has 1 N–H and O–H groups in total. The standard InChI is InChI=1S/C23H32N4O2/c1-17-25-26-23(29-17)20-10-13-27(14-11-20)15-12-21(19-8-3-2-4-9-19)24-22(28)16-18-6-5-7-18/h2-4,8-9,18,20-21H,5-7,10-16H2,1H3,(H,24,28). The molecule has 2 aliphatic rings. The Morgan fingerprint density at radius 3 is 2.55 bits per heavy atom. The van der Waals surface area contributed by atoms with Gasteiger partial charge in [-0.3, -0.25) is 4.79 Å². The maximum Gasteiger partial charge on any atom is 0.220 e. The highest BCUT2D eigenvalue weighted by atomic mass is 16.4. The number of benzene rings is 1. The van der Waals surface area contributed by atoms with Gasteiger partial charge in [-0.05, 0) is 56.7 Å². The Bertz CT molecular complexity index is 779. The number of aromatic nitrogens is 2. The molecule has 0 radical (unpaired) electrons. The van der Waals surface area contributed by atoms with Crippen molar-refractivity contribution in [3.63, 3.8) is 0 Å². The molecule has 29 heavy (non-hydrogen) atoms. The van der Waals surface area contributed by atoms with Crippen molar-refractivity contribution in [2.24, 2.45) is 5.92 Å². The zero-order valence-electron chi connectivity index (χ0n) is 17.3. The second-order valence-electron chi connectivity index (χ2n) is 8.60. The van der Waals surface area contributed by atoms with Crippen LogP contribution in [0.4, 0.5) is 0 Å². The first-order valence-electron chi connectivity index (χ1n) is 11.0. The lowest BCUT2D eigenvalue weighted by atomic mass is 9.83. The fraction of sp³-hybridized carbons (Fsp3) is 0.609. The first-order valence-corrected chi connectivity index (χ1v) is 11.0. The summed E-state index contributed by atoms with van der Waals surface area (Å²) in [5.41, 5.74) is 1.20. The Kier molecular flexibility index (Phi) is 6.60. The molecule has 1 aromatic heterocycles. The maximum absolute atomic E-state index is 12.5. The molecule has 1 amide bonds. The lowest BCUT2D eigenvalue weighted by Gasteiger charge is -2.32. The normalized spacial score (nSPS) is 19.6. The van der Waals surface area contributed by atoms with Gasteiger partial charge in [0.25, 0.3) is 0 Å².